The number of carbonyl (C=O) groups excluding carboxylic acids is 2. The van der Waals surface area contributed by atoms with Gasteiger partial charge in [0.25, 0.3) is 5.91 Å². The quantitative estimate of drug-likeness (QED) is 0.622. The highest BCUT2D eigenvalue weighted by atomic mass is 35.5. The molecule has 0 aliphatic carbocycles. The van der Waals surface area contributed by atoms with Crippen molar-refractivity contribution >= 4 is 29.1 Å². The lowest BCUT2D eigenvalue weighted by Crippen LogP contribution is -2.44. The van der Waals surface area contributed by atoms with Crippen LogP contribution < -0.4 is 16.0 Å². The van der Waals surface area contributed by atoms with Crippen molar-refractivity contribution in [2.75, 3.05) is 44.6 Å². The maximum absolute atomic E-state index is 12.5. The summed E-state index contributed by atoms with van der Waals surface area (Å²) < 4.78 is 0. The summed E-state index contributed by atoms with van der Waals surface area (Å²) in [5, 5.41) is 9.47. The number of halogens is 1. The zero-order valence-electron chi connectivity index (χ0n) is 16.5. The maximum Gasteiger partial charge on any atom is 0.252 e. The van der Waals surface area contributed by atoms with Gasteiger partial charge in [0, 0.05) is 44.8 Å². The highest BCUT2D eigenvalue weighted by molar-refractivity contribution is 6.34. The summed E-state index contributed by atoms with van der Waals surface area (Å²) in [5.74, 6) is -0.292. The van der Waals surface area contributed by atoms with E-state index in [9.17, 15) is 9.59 Å². The van der Waals surface area contributed by atoms with E-state index in [1.54, 1.807) is 18.2 Å². The molecule has 1 aliphatic rings. The van der Waals surface area contributed by atoms with Gasteiger partial charge in [0.1, 0.15) is 0 Å². The van der Waals surface area contributed by atoms with Crippen LogP contribution in [0.1, 0.15) is 44.0 Å². The number of piperazine rings is 1. The van der Waals surface area contributed by atoms with Crippen molar-refractivity contribution in [1.82, 2.24) is 15.5 Å². The van der Waals surface area contributed by atoms with Crippen molar-refractivity contribution in [3.8, 4) is 0 Å². The third-order valence-electron chi connectivity index (χ3n) is 4.33. The van der Waals surface area contributed by atoms with Crippen LogP contribution in [0.3, 0.4) is 0 Å². The summed E-state index contributed by atoms with van der Waals surface area (Å²) in [7, 11) is 0. The van der Waals surface area contributed by atoms with E-state index in [-0.39, 0.29) is 17.2 Å². The topological polar surface area (TPSA) is 73.5 Å². The second-order valence-corrected chi connectivity index (χ2v) is 8.59. The molecule has 0 atom stereocenters. The minimum Gasteiger partial charge on any atom is -0.352 e. The third-order valence-corrected chi connectivity index (χ3v) is 4.66. The van der Waals surface area contributed by atoms with Gasteiger partial charge in [-0.05, 0) is 36.6 Å². The van der Waals surface area contributed by atoms with Crippen LogP contribution in [0, 0.1) is 5.41 Å². The summed E-state index contributed by atoms with van der Waals surface area (Å²) in [5.41, 5.74) is 0.869. The third kappa shape index (κ3) is 7.87. The Morgan fingerprint density at radius 1 is 1.22 bits per heavy atom. The van der Waals surface area contributed by atoms with Crippen LogP contribution >= 0.6 is 11.6 Å². The summed E-state index contributed by atoms with van der Waals surface area (Å²) in [6.45, 7) is 11.7. The van der Waals surface area contributed by atoms with Crippen LogP contribution in [0.4, 0.5) is 5.69 Å². The van der Waals surface area contributed by atoms with Crippen LogP contribution in [0.2, 0.25) is 5.02 Å². The Kier molecular flexibility index (Phi) is 8.07. The second kappa shape index (κ2) is 10.1. The van der Waals surface area contributed by atoms with Gasteiger partial charge in [0.15, 0.2) is 0 Å². The predicted molar refractivity (Wildman–Crippen MR) is 110 cm³/mol. The number of nitrogens with one attached hydrogen (secondary N) is 3. The monoisotopic (exact) mass is 394 g/mol. The van der Waals surface area contributed by atoms with E-state index in [0.717, 1.165) is 39.1 Å². The van der Waals surface area contributed by atoms with Crippen LogP contribution in [-0.2, 0) is 4.79 Å². The average Bonchev–Trinajstić information content (AvgIpc) is 2.59. The molecule has 7 heteroatoms. The average molecular weight is 395 g/mol. The molecule has 6 nitrogen and oxygen atoms in total. The molecule has 0 saturated carbocycles. The van der Waals surface area contributed by atoms with Crippen molar-refractivity contribution in [2.45, 2.75) is 33.6 Å². The first kappa shape index (κ1) is 21.7. The van der Waals surface area contributed by atoms with Crippen molar-refractivity contribution in [2.24, 2.45) is 5.41 Å². The molecule has 0 radical (unpaired) electrons. The lowest BCUT2D eigenvalue weighted by atomic mass is 9.92. The van der Waals surface area contributed by atoms with Crippen LogP contribution in [0.15, 0.2) is 18.2 Å². The van der Waals surface area contributed by atoms with E-state index in [4.69, 9.17) is 11.6 Å². The van der Waals surface area contributed by atoms with Gasteiger partial charge in [-0.15, -0.1) is 0 Å². The molecule has 2 amide bonds. The summed E-state index contributed by atoms with van der Waals surface area (Å²) in [6.07, 6.45) is 1.30. The van der Waals surface area contributed by atoms with Gasteiger partial charge in [0.2, 0.25) is 5.91 Å². The number of nitrogens with zero attached hydrogens (tertiary/aromatic N) is 1. The zero-order chi connectivity index (χ0) is 19.9. The number of hydrogen-bond acceptors (Lipinski definition) is 4. The van der Waals surface area contributed by atoms with Crippen LogP contribution in [0.5, 0.6) is 0 Å². The van der Waals surface area contributed by atoms with E-state index < -0.39 is 0 Å². The van der Waals surface area contributed by atoms with Gasteiger partial charge >= 0.3 is 0 Å². The van der Waals surface area contributed by atoms with Gasteiger partial charge in [-0.2, -0.15) is 0 Å². The number of benzene rings is 1. The summed E-state index contributed by atoms with van der Waals surface area (Å²) >= 11 is 6.18. The standard InChI is InChI=1S/C20H31ClN4O2/c1-20(2,3)14-18(26)24-15-5-6-17(21)16(13-15)19(27)23-7-4-10-25-11-8-22-9-12-25/h5-6,13,22H,4,7-12,14H2,1-3H3,(H,23,27)(H,24,26). The van der Waals surface area contributed by atoms with Crippen LogP contribution in [0.25, 0.3) is 0 Å². The lowest BCUT2D eigenvalue weighted by Gasteiger charge is -2.27. The van der Waals surface area contributed by atoms with Crippen LogP contribution in [-0.4, -0.2) is 56.0 Å². The molecule has 1 aromatic carbocycles. The minimum absolute atomic E-state index is 0.0767. The van der Waals surface area contributed by atoms with E-state index in [2.05, 4.69) is 20.9 Å². The Morgan fingerprint density at radius 2 is 1.93 bits per heavy atom. The van der Waals surface area contributed by atoms with Gasteiger partial charge in [-0.1, -0.05) is 32.4 Å². The van der Waals surface area contributed by atoms with Gasteiger partial charge in [-0.3, -0.25) is 9.59 Å². The number of rotatable bonds is 7. The number of hydrogen-bond donors (Lipinski definition) is 3. The molecule has 1 heterocycles. The molecule has 1 aromatic rings. The smallest absolute Gasteiger partial charge is 0.252 e. The molecule has 2 rings (SSSR count). The van der Waals surface area contributed by atoms with Crippen molar-refractivity contribution in [3.63, 3.8) is 0 Å². The molecule has 0 spiro atoms. The Balaban J connectivity index is 1.84. The molecular formula is C20H31ClN4O2. The first-order valence-corrected chi connectivity index (χ1v) is 9.93. The fourth-order valence-corrected chi connectivity index (χ4v) is 3.20. The molecule has 0 unspecified atom stereocenters. The highest BCUT2D eigenvalue weighted by Gasteiger charge is 2.17. The first-order valence-electron chi connectivity index (χ1n) is 9.55. The number of amides is 2. The van der Waals surface area contributed by atoms with E-state index >= 15 is 0 Å². The molecule has 150 valence electrons. The minimum atomic E-state index is -0.216. The van der Waals surface area contributed by atoms with E-state index in [1.807, 2.05) is 20.8 Å². The molecule has 1 saturated heterocycles. The fraction of sp³-hybridized carbons (Fsp3) is 0.600. The second-order valence-electron chi connectivity index (χ2n) is 8.18. The fourth-order valence-electron chi connectivity index (χ4n) is 3.00. The zero-order valence-corrected chi connectivity index (χ0v) is 17.3. The first-order chi connectivity index (χ1) is 12.7. The predicted octanol–water partition coefficient (Wildman–Crippen LogP) is 2.74. The molecular weight excluding hydrogens is 364 g/mol. The number of anilines is 1. The van der Waals surface area contributed by atoms with Crippen molar-refractivity contribution in [3.05, 3.63) is 28.8 Å². The Morgan fingerprint density at radius 3 is 2.59 bits per heavy atom. The molecule has 3 N–H and O–H groups in total. The molecule has 1 fully saturated rings. The van der Waals surface area contributed by atoms with Gasteiger partial charge in [-0.25, -0.2) is 0 Å². The summed E-state index contributed by atoms with van der Waals surface area (Å²) in [4.78, 5) is 26.9. The van der Waals surface area contributed by atoms with Crippen molar-refractivity contribution in [1.29, 1.82) is 0 Å². The SMILES string of the molecule is CC(C)(C)CC(=O)Nc1ccc(Cl)c(C(=O)NCCCN2CCNCC2)c1. The Bertz CT molecular complexity index is 652. The molecule has 0 bridgehead atoms. The Hall–Kier alpha value is -1.63. The van der Waals surface area contributed by atoms with Gasteiger partial charge < -0.3 is 20.9 Å². The van der Waals surface area contributed by atoms with Crippen molar-refractivity contribution < 1.29 is 9.59 Å². The summed E-state index contributed by atoms with van der Waals surface area (Å²) in [6, 6.07) is 4.99. The largest absolute Gasteiger partial charge is 0.352 e. The molecule has 0 aromatic heterocycles. The normalized spacial score (nSPS) is 15.4. The molecule has 1 aliphatic heterocycles. The lowest BCUT2D eigenvalue weighted by molar-refractivity contribution is -0.117. The molecule has 27 heavy (non-hydrogen) atoms. The van der Waals surface area contributed by atoms with E-state index in [1.165, 1.54) is 0 Å². The Labute approximate surface area is 167 Å². The van der Waals surface area contributed by atoms with E-state index in [0.29, 0.717) is 29.2 Å². The number of carbonyl (C=O) groups is 2. The van der Waals surface area contributed by atoms with Gasteiger partial charge in [0.05, 0.1) is 10.6 Å². The maximum atomic E-state index is 12.5. The highest BCUT2D eigenvalue weighted by Crippen LogP contribution is 2.23.